The van der Waals surface area contributed by atoms with Gasteiger partial charge in [-0.3, -0.25) is 9.59 Å². The minimum atomic E-state index is -0.408. The van der Waals surface area contributed by atoms with E-state index >= 15 is 0 Å². The van der Waals surface area contributed by atoms with Gasteiger partial charge in [-0.1, -0.05) is 37.3 Å². The minimum absolute atomic E-state index is 0.0281. The second kappa shape index (κ2) is 14.9. The van der Waals surface area contributed by atoms with Gasteiger partial charge in [-0.15, -0.1) is 0 Å². The standard InChI is InChI=1S/C30H43N3O5/c1-21-19-33(22(2)20-34)30(36)26-17-25(32-29(35)16-24-11-6-5-7-12-24)13-14-27(26)38-23(3)10-8-9-15-37-28(21)18-31-4/h5-7,11-14,17,21-23,28,31,34H,8-10,15-16,18-20H2,1-4H3,(H,32,35)/t21-,22+,23-,28-/m0/s1. The van der Waals surface area contributed by atoms with E-state index in [-0.39, 0.29) is 43.0 Å². The van der Waals surface area contributed by atoms with E-state index in [1.807, 2.05) is 51.2 Å². The quantitative estimate of drug-likeness (QED) is 0.507. The molecule has 1 heterocycles. The van der Waals surface area contributed by atoms with Gasteiger partial charge in [0.1, 0.15) is 5.75 Å². The van der Waals surface area contributed by atoms with Gasteiger partial charge in [0.25, 0.3) is 5.91 Å². The number of nitrogens with one attached hydrogen (secondary N) is 2. The van der Waals surface area contributed by atoms with Crippen LogP contribution in [0.1, 0.15) is 56.0 Å². The first-order chi connectivity index (χ1) is 18.3. The molecule has 0 radical (unpaired) electrons. The van der Waals surface area contributed by atoms with Gasteiger partial charge in [0.05, 0.1) is 36.8 Å². The molecule has 3 rings (SSSR count). The summed E-state index contributed by atoms with van der Waals surface area (Å²) >= 11 is 0. The molecule has 2 amide bonds. The van der Waals surface area contributed by atoms with E-state index in [1.54, 1.807) is 23.1 Å². The third-order valence-corrected chi connectivity index (χ3v) is 6.95. The highest BCUT2D eigenvalue weighted by atomic mass is 16.5. The average Bonchev–Trinajstić information content (AvgIpc) is 2.90. The van der Waals surface area contributed by atoms with Gasteiger partial charge in [0.15, 0.2) is 0 Å². The van der Waals surface area contributed by atoms with Gasteiger partial charge in [-0.05, 0) is 63.9 Å². The number of carbonyl (C=O) groups excluding carboxylic acids is 2. The molecule has 1 aliphatic heterocycles. The number of hydrogen-bond acceptors (Lipinski definition) is 6. The van der Waals surface area contributed by atoms with Crippen LogP contribution in [0.4, 0.5) is 5.69 Å². The molecule has 1 aliphatic rings. The highest BCUT2D eigenvalue weighted by Crippen LogP contribution is 2.28. The van der Waals surface area contributed by atoms with E-state index in [1.165, 1.54) is 0 Å². The Labute approximate surface area is 226 Å². The van der Waals surface area contributed by atoms with Gasteiger partial charge in [0, 0.05) is 31.3 Å². The fourth-order valence-corrected chi connectivity index (χ4v) is 4.68. The highest BCUT2D eigenvalue weighted by Gasteiger charge is 2.29. The fourth-order valence-electron chi connectivity index (χ4n) is 4.68. The number of carbonyl (C=O) groups is 2. The number of rotatable bonds is 7. The number of likely N-dealkylation sites (N-methyl/N-ethyl adjacent to an activating group) is 1. The van der Waals surface area contributed by atoms with Crippen LogP contribution >= 0.6 is 0 Å². The van der Waals surface area contributed by atoms with Crippen molar-refractivity contribution in [1.82, 2.24) is 10.2 Å². The summed E-state index contributed by atoms with van der Waals surface area (Å²) in [5.74, 6) is 0.0897. The predicted octanol–water partition coefficient (Wildman–Crippen LogP) is 3.88. The summed E-state index contributed by atoms with van der Waals surface area (Å²) in [5, 5.41) is 16.1. The van der Waals surface area contributed by atoms with E-state index in [0.717, 1.165) is 24.8 Å². The number of anilines is 1. The van der Waals surface area contributed by atoms with E-state index in [2.05, 4.69) is 17.6 Å². The predicted molar refractivity (Wildman–Crippen MR) is 150 cm³/mol. The lowest BCUT2D eigenvalue weighted by molar-refractivity contribution is -0.115. The van der Waals surface area contributed by atoms with Crippen molar-refractivity contribution in [3.63, 3.8) is 0 Å². The van der Waals surface area contributed by atoms with Crippen LogP contribution in [0.15, 0.2) is 48.5 Å². The molecule has 208 valence electrons. The lowest BCUT2D eigenvalue weighted by atomic mass is 10.0. The summed E-state index contributed by atoms with van der Waals surface area (Å²) in [7, 11) is 1.89. The van der Waals surface area contributed by atoms with Gasteiger partial charge in [-0.2, -0.15) is 0 Å². The second-order valence-corrected chi connectivity index (χ2v) is 10.3. The molecule has 0 spiro atoms. The molecule has 0 bridgehead atoms. The van der Waals surface area contributed by atoms with E-state index in [4.69, 9.17) is 9.47 Å². The molecule has 0 fully saturated rings. The van der Waals surface area contributed by atoms with Crippen molar-refractivity contribution in [2.75, 3.05) is 38.7 Å². The summed E-state index contributed by atoms with van der Waals surface area (Å²) < 4.78 is 12.4. The van der Waals surface area contributed by atoms with Gasteiger partial charge >= 0.3 is 0 Å². The Morgan fingerprint density at radius 3 is 2.63 bits per heavy atom. The van der Waals surface area contributed by atoms with Gasteiger partial charge in [0.2, 0.25) is 5.91 Å². The monoisotopic (exact) mass is 525 g/mol. The van der Waals surface area contributed by atoms with Crippen molar-refractivity contribution in [2.24, 2.45) is 5.92 Å². The molecule has 4 atom stereocenters. The Balaban J connectivity index is 1.93. The molecule has 2 aromatic rings. The average molecular weight is 526 g/mol. The number of aliphatic hydroxyl groups excluding tert-OH is 1. The van der Waals surface area contributed by atoms with Crippen LogP contribution in [0.5, 0.6) is 5.75 Å². The first-order valence-corrected chi connectivity index (χ1v) is 13.6. The molecule has 0 aromatic heterocycles. The van der Waals surface area contributed by atoms with Crippen LogP contribution in [0.2, 0.25) is 0 Å². The Morgan fingerprint density at radius 2 is 1.92 bits per heavy atom. The van der Waals surface area contributed by atoms with E-state index < -0.39 is 6.04 Å². The Kier molecular flexibility index (Phi) is 11.6. The Hall–Kier alpha value is -2.94. The normalized spacial score (nSPS) is 22.1. The molecule has 0 unspecified atom stereocenters. The zero-order valence-corrected chi connectivity index (χ0v) is 23.1. The van der Waals surface area contributed by atoms with Crippen molar-refractivity contribution in [1.29, 1.82) is 0 Å². The zero-order valence-electron chi connectivity index (χ0n) is 23.1. The molecule has 38 heavy (non-hydrogen) atoms. The maximum atomic E-state index is 14.0. The fraction of sp³-hybridized carbons (Fsp3) is 0.533. The lowest BCUT2D eigenvalue weighted by Crippen LogP contribution is -2.47. The van der Waals surface area contributed by atoms with Crippen molar-refractivity contribution < 1.29 is 24.2 Å². The third-order valence-electron chi connectivity index (χ3n) is 6.95. The summed E-state index contributed by atoms with van der Waals surface area (Å²) in [6, 6.07) is 14.3. The molecular formula is C30H43N3O5. The number of benzene rings is 2. The van der Waals surface area contributed by atoms with Crippen LogP contribution in [-0.2, 0) is 16.0 Å². The maximum Gasteiger partial charge on any atom is 0.258 e. The summed E-state index contributed by atoms with van der Waals surface area (Å²) in [4.78, 5) is 28.4. The molecule has 0 aliphatic carbocycles. The summed E-state index contributed by atoms with van der Waals surface area (Å²) in [5.41, 5.74) is 1.80. The zero-order chi connectivity index (χ0) is 27.5. The van der Waals surface area contributed by atoms with E-state index in [9.17, 15) is 14.7 Å². The van der Waals surface area contributed by atoms with Crippen LogP contribution < -0.4 is 15.4 Å². The smallest absolute Gasteiger partial charge is 0.258 e. The van der Waals surface area contributed by atoms with Crippen molar-refractivity contribution in [2.45, 2.75) is 64.7 Å². The van der Waals surface area contributed by atoms with Crippen LogP contribution in [0, 0.1) is 5.92 Å². The molecular weight excluding hydrogens is 482 g/mol. The highest BCUT2D eigenvalue weighted by molar-refractivity contribution is 6.00. The molecule has 8 heteroatoms. The van der Waals surface area contributed by atoms with Crippen molar-refractivity contribution in [3.05, 3.63) is 59.7 Å². The number of nitrogens with zero attached hydrogens (tertiary/aromatic N) is 1. The third kappa shape index (κ3) is 8.55. The van der Waals surface area contributed by atoms with Gasteiger partial charge < -0.3 is 30.1 Å². The topological polar surface area (TPSA) is 100 Å². The second-order valence-electron chi connectivity index (χ2n) is 10.3. The van der Waals surface area contributed by atoms with Crippen LogP contribution in [-0.4, -0.2) is 73.4 Å². The minimum Gasteiger partial charge on any atom is -0.490 e. The van der Waals surface area contributed by atoms with E-state index in [0.29, 0.717) is 36.7 Å². The Morgan fingerprint density at radius 1 is 1.16 bits per heavy atom. The molecule has 2 aromatic carbocycles. The number of amides is 2. The van der Waals surface area contributed by atoms with Crippen molar-refractivity contribution >= 4 is 17.5 Å². The summed E-state index contributed by atoms with van der Waals surface area (Å²) in [6.07, 6.45) is 2.77. The maximum absolute atomic E-state index is 14.0. The number of hydrogen-bond donors (Lipinski definition) is 3. The largest absolute Gasteiger partial charge is 0.490 e. The van der Waals surface area contributed by atoms with Crippen LogP contribution in [0.25, 0.3) is 0 Å². The molecule has 8 nitrogen and oxygen atoms in total. The molecule has 0 saturated carbocycles. The first kappa shape index (κ1) is 29.6. The summed E-state index contributed by atoms with van der Waals surface area (Å²) in [6.45, 7) is 7.45. The SMILES string of the molecule is CNC[C@@H]1OCCCC[C@H](C)Oc2ccc(NC(=O)Cc3ccccc3)cc2C(=O)N([C@H](C)CO)C[C@@H]1C. The van der Waals surface area contributed by atoms with Crippen molar-refractivity contribution in [3.8, 4) is 5.75 Å². The van der Waals surface area contributed by atoms with Crippen LogP contribution in [0.3, 0.4) is 0 Å². The number of aliphatic hydroxyl groups is 1. The lowest BCUT2D eigenvalue weighted by Gasteiger charge is -2.34. The Bertz CT molecular complexity index is 1030. The number of ether oxygens (including phenoxy) is 2. The van der Waals surface area contributed by atoms with Gasteiger partial charge in [-0.25, -0.2) is 0 Å². The first-order valence-electron chi connectivity index (χ1n) is 13.6. The number of fused-ring (bicyclic) bond motifs is 1. The molecule has 0 saturated heterocycles. The molecule has 3 N–H and O–H groups in total.